The Morgan fingerprint density at radius 1 is 0.955 bits per heavy atom. The number of benzene rings is 2. The van der Waals surface area contributed by atoms with E-state index in [4.69, 9.17) is 4.74 Å². The van der Waals surface area contributed by atoms with Crippen molar-refractivity contribution < 1.29 is 14.3 Å². The number of hydrogen-bond acceptors (Lipinski definition) is 3. The highest BCUT2D eigenvalue weighted by atomic mass is 16.5. The molecule has 22 heavy (non-hydrogen) atoms. The lowest BCUT2D eigenvalue weighted by Crippen LogP contribution is -2.30. The third-order valence-corrected chi connectivity index (χ3v) is 4.69. The van der Waals surface area contributed by atoms with E-state index in [9.17, 15) is 9.59 Å². The Hall–Kier alpha value is -2.42. The first kappa shape index (κ1) is 14.5. The zero-order valence-electron chi connectivity index (χ0n) is 12.7. The predicted molar refractivity (Wildman–Crippen MR) is 83.6 cm³/mol. The van der Waals surface area contributed by atoms with Gasteiger partial charge >= 0.3 is 5.97 Å². The molecule has 3 atom stereocenters. The standard InChI is InChI=1S/C19H18O3/c1-13-16(14-9-5-3-6-10-14)19(13,18(21)22-2)17(20)15-11-7-4-8-12-15/h3-13,16H,1-2H3/t13-,16-,19?/m0/s1. The van der Waals surface area contributed by atoms with Crippen LogP contribution in [0.1, 0.15) is 28.8 Å². The summed E-state index contributed by atoms with van der Waals surface area (Å²) in [5, 5.41) is 0. The topological polar surface area (TPSA) is 43.4 Å². The first-order valence-electron chi connectivity index (χ1n) is 7.37. The van der Waals surface area contributed by atoms with Gasteiger partial charge in [-0.3, -0.25) is 9.59 Å². The second-order valence-electron chi connectivity index (χ2n) is 5.73. The van der Waals surface area contributed by atoms with Gasteiger partial charge in [0.05, 0.1) is 7.11 Å². The van der Waals surface area contributed by atoms with Gasteiger partial charge in [0, 0.05) is 11.5 Å². The molecule has 2 aromatic carbocycles. The quantitative estimate of drug-likeness (QED) is 0.493. The molecule has 3 heteroatoms. The van der Waals surface area contributed by atoms with Crippen LogP contribution in [0.3, 0.4) is 0 Å². The van der Waals surface area contributed by atoms with Crippen LogP contribution >= 0.6 is 0 Å². The molecule has 1 aliphatic rings. The fourth-order valence-electron chi connectivity index (χ4n) is 3.52. The maximum Gasteiger partial charge on any atom is 0.320 e. The Labute approximate surface area is 129 Å². The number of carbonyl (C=O) groups excluding carboxylic acids is 2. The van der Waals surface area contributed by atoms with Crippen molar-refractivity contribution in [1.29, 1.82) is 0 Å². The summed E-state index contributed by atoms with van der Waals surface area (Å²) in [6.07, 6.45) is 0. The molecule has 0 saturated heterocycles. The molecular formula is C19H18O3. The molecule has 3 nitrogen and oxygen atoms in total. The van der Waals surface area contributed by atoms with Gasteiger partial charge in [0.2, 0.25) is 0 Å². The van der Waals surface area contributed by atoms with E-state index in [1.165, 1.54) is 7.11 Å². The van der Waals surface area contributed by atoms with Gasteiger partial charge in [-0.25, -0.2) is 0 Å². The van der Waals surface area contributed by atoms with Crippen molar-refractivity contribution in [1.82, 2.24) is 0 Å². The number of carbonyl (C=O) groups is 2. The van der Waals surface area contributed by atoms with Crippen LogP contribution in [0.25, 0.3) is 0 Å². The monoisotopic (exact) mass is 294 g/mol. The molecule has 0 bridgehead atoms. The van der Waals surface area contributed by atoms with Crippen LogP contribution < -0.4 is 0 Å². The Bertz CT molecular complexity index is 693. The highest BCUT2D eigenvalue weighted by Gasteiger charge is 2.73. The molecule has 1 unspecified atom stereocenters. The summed E-state index contributed by atoms with van der Waals surface area (Å²) in [6.45, 7) is 1.94. The molecule has 0 aromatic heterocycles. The number of Topliss-reactive ketones (excluding diaryl/α,β-unsaturated/α-hetero) is 1. The van der Waals surface area contributed by atoms with Crippen molar-refractivity contribution in [3.63, 3.8) is 0 Å². The molecule has 112 valence electrons. The molecule has 0 spiro atoms. The van der Waals surface area contributed by atoms with Gasteiger partial charge in [0.25, 0.3) is 0 Å². The van der Waals surface area contributed by atoms with E-state index in [1.54, 1.807) is 12.1 Å². The number of ketones is 1. The average molecular weight is 294 g/mol. The predicted octanol–water partition coefficient (Wildman–Crippen LogP) is 3.46. The summed E-state index contributed by atoms with van der Waals surface area (Å²) in [5.41, 5.74) is 0.458. The molecule has 0 N–H and O–H groups in total. The van der Waals surface area contributed by atoms with Crippen molar-refractivity contribution in [3.05, 3.63) is 71.8 Å². The Balaban J connectivity index is 2.05. The third kappa shape index (κ3) is 1.97. The van der Waals surface area contributed by atoms with Crippen LogP contribution in [-0.4, -0.2) is 18.9 Å². The Morgan fingerprint density at radius 3 is 2.05 bits per heavy atom. The van der Waals surface area contributed by atoms with Gasteiger partial charge in [0.15, 0.2) is 5.78 Å². The van der Waals surface area contributed by atoms with Crippen LogP contribution in [0.5, 0.6) is 0 Å². The largest absolute Gasteiger partial charge is 0.468 e. The van der Waals surface area contributed by atoms with E-state index in [1.807, 2.05) is 55.5 Å². The van der Waals surface area contributed by atoms with Gasteiger partial charge in [0.1, 0.15) is 5.41 Å². The van der Waals surface area contributed by atoms with E-state index < -0.39 is 11.4 Å². The summed E-state index contributed by atoms with van der Waals surface area (Å²) in [4.78, 5) is 25.5. The van der Waals surface area contributed by atoms with Gasteiger partial charge in [-0.2, -0.15) is 0 Å². The van der Waals surface area contributed by atoms with E-state index in [-0.39, 0.29) is 17.6 Å². The zero-order valence-corrected chi connectivity index (χ0v) is 12.7. The van der Waals surface area contributed by atoms with Gasteiger partial charge in [-0.1, -0.05) is 67.6 Å². The van der Waals surface area contributed by atoms with Gasteiger partial charge < -0.3 is 4.74 Å². The number of ether oxygens (including phenoxy) is 1. The lowest BCUT2D eigenvalue weighted by Gasteiger charge is -2.14. The van der Waals surface area contributed by atoms with Crippen LogP contribution in [-0.2, 0) is 9.53 Å². The summed E-state index contributed by atoms with van der Waals surface area (Å²) in [6, 6.07) is 18.7. The van der Waals surface area contributed by atoms with Crippen LogP contribution in [0.2, 0.25) is 0 Å². The maximum absolute atomic E-state index is 13.0. The minimum Gasteiger partial charge on any atom is -0.468 e. The van der Waals surface area contributed by atoms with Crippen molar-refractivity contribution in [3.8, 4) is 0 Å². The first-order valence-corrected chi connectivity index (χ1v) is 7.37. The highest BCUT2D eigenvalue weighted by molar-refractivity contribution is 6.16. The normalized spacial score (nSPS) is 26.3. The fourth-order valence-corrected chi connectivity index (χ4v) is 3.52. The van der Waals surface area contributed by atoms with Crippen molar-refractivity contribution in [2.24, 2.45) is 11.3 Å². The maximum atomic E-state index is 13.0. The summed E-state index contributed by atoms with van der Waals surface area (Å²) >= 11 is 0. The van der Waals surface area contributed by atoms with E-state index in [0.29, 0.717) is 5.56 Å². The molecule has 2 aromatic rings. The highest BCUT2D eigenvalue weighted by Crippen LogP contribution is 2.66. The van der Waals surface area contributed by atoms with E-state index in [0.717, 1.165) is 5.56 Å². The summed E-state index contributed by atoms with van der Waals surface area (Å²) in [5.74, 6) is -0.798. The molecule has 3 rings (SSSR count). The zero-order chi connectivity index (χ0) is 15.7. The Morgan fingerprint density at radius 2 is 1.50 bits per heavy atom. The minimum absolute atomic E-state index is 0.0740. The summed E-state index contributed by atoms with van der Waals surface area (Å²) < 4.78 is 4.98. The molecule has 0 heterocycles. The van der Waals surface area contributed by atoms with Crippen LogP contribution in [0, 0.1) is 11.3 Å². The number of rotatable bonds is 4. The SMILES string of the molecule is COC(=O)C1(C(=O)c2ccccc2)[C@H](c2ccccc2)[C@@H]1C. The van der Waals surface area contributed by atoms with Gasteiger partial charge in [-0.05, 0) is 11.5 Å². The second-order valence-corrected chi connectivity index (χ2v) is 5.73. The fraction of sp³-hybridized carbons (Fsp3) is 0.263. The number of hydrogen-bond donors (Lipinski definition) is 0. The van der Waals surface area contributed by atoms with Crippen LogP contribution in [0.15, 0.2) is 60.7 Å². The lowest BCUT2D eigenvalue weighted by molar-refractivity contribution is -0.145. The Kier molecular flexibility index (Phi) is 3.57. The number of methoxy groups -OCH3 is 1. The van der Waals surface area contributed by atoms with Gasteiger partial charge in [-0.15, -0.1) is 0 Å². The molecule has 0 radical (unpaired) electrons. The third-order valence-electron chi connectivity index (χ3n) is 4.69. The second kappa shape index (κ2) is 5.41. The molecule has 1 saturated carbocycles. The van der Waals surface area contributed by atoms with Crippen molar-refractivity contribution >= 4 is 11.8 Å². The van der Waals surface area contributed by atoms with Crippen molar-refractivity contribution in [2.75, 3.05) is 7.11 Å². The molecule has 0 amide bonds. The van der Waals surface area contributed by atoms with E-state index in [2.05, 4.69) is 0 Å². The lowest BCUT2D eigenvalue weighted by atomic mass is 9.89. The molecule has 0 aliphatic heterocycles. The smallest absolute Gasteiger partial charge is 0.320 e. The minimum atomic E-state index is -1.10. The van der Waals surface area contributed by atoms with E-state index >= 15 is 0 Å². The first-order chi connectivity index (χ1) is 10.6. The van der Waals surface area contributed by atoms with Crippen molar-refractivity contribution in [2.45, 2.75) is 12.8 Å². The average Bonchev–Trinajstić information content (AvgIpc) is 3.21. The number of esters is 1. The molecular weight excluding hydrogens is 276 g/mol. The van der Waals surface area contributed by atoms with Crippen LogP contribution in [0.4, 0.5) is 0 Å². The molecule has 1 aliphatic carbocycles. The molecule has 1 fully saturated rings. The summed E-state index contributed by atoms with van der Waals surface area (Å²) in [7, 11) is 1.34.